The Bertz CT molecular complexity index is 885. The zero-order chi connectivity index (χ0) is 19.3. The first kappa shape index (κ1) is 18.1. The Morgan fingerprint density at radius 1 is 1.21 bits per heavy atom. The molecule has 0 radical (unpaired) electrons. The second-order valence-electron chi connectivity index (χ2n) is 9.16. The highest BCUT2D eigenvalue weighted by Gasteiger charge is 2.46. The fourth-order valence-electron chi connectivity index (χ4n) is 5.70. The molecule has 5 rings (SSSR count). The van der Waals surface area contributed by atoms with E-state index in [9.17, 15) is 0 Å². The van der Waals surface area contributed by atoms with Crippen molar-refractivity contribution in [2.75, 3.05) is 38.6 Å². The number of benzene rings is 1. The standard InChI is InChI=1S/C23H31N5/c1-16-7-8-18-20(16)22(26-15-25-18)28-14-23(9-11-24-12-10-23)21-17(13-27(2)3)5-4-6-19(21)28/h4-6,15-16,24H,7-14H2,1-3H3. The number of aromatic nitrogens is 2. The molecule has 0 saturated carbocycles. The maximum atomic E-state index is 4.84. The van der Waals surface area contributed by atoms with Crippen LogP contribution in [0.2, 0.25) is 0 Å². The molecule has 1 aliphatic carbocycles. The van der Waals surface area contributed by atoms with Crippen LogP contribution in [0.3, 0.4) is 0 Å². The highest BCUT2D eigenvalue weighted by atomic mass is 15.2. The van der Waals surface area contributed by atoms with Crippen LogP contribution < -0.4 is 10.2 Å². The third-order valence-electron chi connectivity index (χ3n) is 6.97. The maximum absolute atomic E-state index is 4.84. The Labute approximate surface area is 168 Å². The summed E-state index contributed by atoms with van der Waals surface area (Å²) >= 11 is 0. The van der Waals surface area contributed by atoms with Crippen molar-refractivity contribution in [2.45, 2.75) is 50.5 Å². The van der Waals surface area contributed by atoms with Crippen molar-refractivity contribution in [2.24, 2.45) is 0 Å². The first-order chi connectivity index (χ1) is 13.6. The molecule has 3 aliphatic rings. The number of aryl methyl sites for hydroxylation is 1. The molecule has 148 valence electrons. The predicted octanol–water partition coefficient (Wildman–Crippen LogP) is 3.36. The van der Waals surface area contributed by atoms with Gasteiger partial charge >= 0.3 is 0 Å². The monoisotopic (exact) mass is 377 g/mol. The second kappa shape index (κ2) is 6.82. The summed E-state index contributed by atoms with van der Waals surface area (Å²) in [6.07, 6.45) is 6.45. The molecule has 1 atom stereocenters. The Hall–Kier alpha value is -1.98. The van der Waals surface area contributed by atoms with Gasteiger partial charge in [-0.25, -0.2) is 9.97 Å². The van der Waals surface area contributed by atoms with Gasteiger partial charge in [-0.2, -0.15) is 0 Å². The molecule has 28 heavy (non-hydrogen) atoms. The zero-order valence-electron chi connectivity index (χ0n) is 17.3. The van der Waals surface area contributed by atoms with Gasteiger partial charge in [0.1, 0.15) is 12.1 Å². The molecule has 1 aromatic carbocycles. The largest absolute Gasteiger partial charge is 0.325 e. The van der Waals surface area contributed by atoms with Crippen molar-refractivity contribution < 1.29 is 0 Å². The Morgan fingerprint density at radius 2 is 2.04 bits per heavy atom. The smallest absolute Gasteiger partial charge is 0.140 e. The molecule has 5 nitrogen and oxygen atoms in total. The molecular weight excluding hydrogens is 346 g/mol. The van der Waals surface area contributed by atoms with Crippen LogP contribution >= 0.6 is 0 Å². The first-order valence-corrected chi connectivity index (χ1v) is 10.7. The van der Waals surface area contributed by atoms with Crippen LogP contribution in [-0.4, -0.2) is 48.6 Å². The fourth-order valence-corrected chi connectivity index (χ4v) is 5.70. The third kappa shape index (κ3) is 2.75. The third-order valence-corrected chi connectivity index (χ3v) is 6.97. The van der Waals surface area contributed by atoms with Crippen molar-refractivity contribution in [3.8, 4) is 0 Å². The van der Waals surface area contributed by atoms with E-state index in [2.05, 4.69) is 59.3 Å². The molecule has 0 amide bonds. The van der Waals surface area contributed by atoms with Crippen LogP contribution in [0, 0.1) is 0 Å². The van der Waals surface area contributed by atoms with Gasteiger partial charge in [0.05, 0.1) is 0 Å². The molecule has 1 aromatic heterocycles. The van der Waals surface area contributed by atoms with Crippen LogP contribution in [0.25, 0.3) is 0 Å². The van der Waals surface area contributed by atoms with E-state index in [1.165, 1.54) is 41.8 Å². The summed E-state index contributed by atoms with van der Waals surface area (Å²) < 4.78 is 0. The quantitative estimate of drug-likeness (QED) is 0.889. The highest BCUT2D eigenvalue weighted by Crippen LogP contribution is 2.52. The van der Waals surface area contributed by atoms with Crippen LogP contribution in [-0.2, 0) is 18.4 Å². The molecule has 1 N–H and O–H groups in total. The lowest BCUT2D eigenvalue weighted by Gasteiger charge is -2.36. The van der Waals surface area contributed by atoms with Crippen LogP contribution in [0.5, 0.6) is 0 Å². The van der Waals surface area contributed by atoms with Gasteiger partial charge in [0.2, 0.25) is 0 Å². The normalized spacial score (nSPS) is 22.7. The lowest BCUT2D eigenvalue weighted by Crippen LogP contribution is -2.43. The van der Waals surface area contributed by atoms with Crippen molar-refractivity contribution in [3.63, 3.8) is 0 Å². The van der Waals surface area contributed by atoms with E-state index in [4.69, 9.17) is 4.98 Å². The molecule has 1 fully saturated rings. The zero-order valence-corrected chi connectivity index (χ0v) is 17.3. The van der Waals surface area contributed by atoms with Crippen LogP contribution in [0.1, 0.15) is 54.5 Å². The summed E-state index contributed by atoms with van der Waals surface area (Å²) in [5, 5.41) is 3.58. The van der Waals surface area contributed by atoms with Crippen molar-refractivity contribution >= 4 is 11.5 Å². The minimum Gasteiger partial charge on any atom is -0.325 e. The molecule has 5 heteroatoms. The number of hydrogen-bond donors (Lipinski definition) is 1. The lowest BCUT2D eigenvalue weighted by molar-refractivity contribution is 0.322. The van der Waals surface area contributed by atoms with E-state index in [1.54, 1.807) is 11.9 Å². The number of nitrogens with one attached hydrogen (secondary N) is 1. The molecule has 2 aromatic rings. The van der Waals surface area contributed by atoms with E-state index in [0.29, 0.717) is 5.92 Å². The van der Waals surface area contributed by atoms with Gasteiger partial charge < -0.3 is 15.1 Å². The topological polar surface area (TPSA) is 44.3 Å². The molecule has 1 spiro atoms. The van der Waals surface area contributed by atoms with Gasteiger partial charge in [0.15, 0.2) is 0 Å². The van der Waals surface area contributed by atoms with E-state index in [1.807, 2.05) is 0 Å². The summed E-state index contributed by atoms with van der Waals surface area (Å²) in [5.74, 6) is 1.71. The summed E-state index contributed by atoms with van der Waals surface area (Å²) in [7, 11) is 4.33. The average Bonchev–Trinajstić information content (AvgIpc) is 3.22. The Balaban J connectivity index is 1.67. The summed E-state index contributed by atoms with van der Waals surface area (Å²) in [4.78, 5) is 14.3. The minimum atomic E-state index is 0.229. The number of piperidine rings is 1. The van der Waals surface area contributed by atoms with Gasteiger partial charge in [0.25, 0.3) is 0 Å². The lowest BCUT2D eigenvalue weighted by atomic mass is 9.73. The number of rotatable bonds is 3. The molecule has 2 aliphatic heterocycles. The van der Waals surface area contributed by atoms with E-state index in [-0.39, 0.29) is 5.41 Å². The van der Waals surface area contributed by atoms with Crippen molar-refractivity contribution in [1.82, 2.24) is 20.2 Å². The highest BCUT2D eigenvalue weighted by molar-refractivity contribution is 5.75. The fraction of sp³-hybridized carbons (Fsp3) is 0.565. The summed E-state index contributed by atoms with van der Waals surface area (Å²) in [6.45, 7) is 6.57. The average molecular weight is 378 g/mol. The SMILES string of the molecule is CC1CCc2ncnc(N3CC4(CCNCC4)c4c(CN(C)C)cccc43)c21. The minimum absolute atomic E-state index is 0.229. The van der Waals surface area contributed by atoms with Crippen molar-refractivity contribution in [1.29, 1.82) is 0 Å². The van der Waals surface area contributed by atoms with E-state index in [0.717, 1.165) is 38.4 Å². The number of fused-ring (bicyclic) bond motifs is 3. The second-order valence-corrected chi connectivity index (χ2v) is 9.16. The predicted molar refractivity (Wildman–Crippen MR) is 113 cm³/mol. The molecular formula is C23H31N5. The van der Waals surface area contributed by atoms with Gasteiger partial charge in [-0.1, -0.05) is 19.1 Å². The Morgan fingerprint density at radius 3 is 2.82 bits per heavy atom. The number of nitrogens with zero attached hydrogens (tertiary/aromatic N) is 4. The van der Waals surface area contributed by atoms with Crippen LogP contribution in [0.4, 0.5) is 11.5 Å². The van der Waals surface area contributed by atoms with Gasteiger partial charge in [-0.15, -0.1) is 0 Å². The Kier molecular flexibility index (Phi) is 4.40. The van der Waals surface area contributed by atoms with Gasteiger partial charge in [-0.05, 0) is 76.0 Å². The summed E-state index contributed by atoms with van der Waals surface area (Å²) in [5.41, 5.74) is 7.30. The molecule has 1 saturated heterocycles. The molecule has 0 bridgehead atoms. The van der Waals surface area contributed by atoms with Gasteiger partial charge in [-0.3, -0.25) is 0 Å². The summed E-state index contributed by atoms with van der Waals surface area (Å²) in [6, 6.07) is 6.88. The number of anilines is 2. The van der Waals surface area contributed by atoms with E-state index >= 15 is 0 Å². The van der Waals surface area contributed by atoms with E-state index < -0.39 is 0 Å². The molecule has 1 unspecified atom stereocenters. The van der Waals surface area contributed by atoms with Gasteiger partial charge in [0, 0.05) is 35.4 Å². The maximum Gasteiger partial charge on any atom is 0.140 e. The van der Waals surface area contributed by atoms with Crippen molar-refractivity contribution in [3.05, 3.63) is 46.9 Å². The number of hydrogen-bond acceptors (Lipinski definition) is 5. The van der Waals surface area contributed by atoms with Crippen LogP contribution in [0.15, 0.2) is 24.5 Å². The molecule has 3 heterocycles. The first-order valence-electron chi connectivity index (χ1n) is 10.7.